The molecular weight excluding hydrogens is 662 g/mol. The molecule has 0 bridgehead atoms. The third kappa shape index (κ3) is 20.9. The summed E-state index contributed by atoms with van der Waals surface area (Å²) in [4.78, 5) is 24.9. The van der Waals surface area contributed by atoms with Gasteiger partial charge in [0.1, 0.15) is 0 Å². The van der Waals surface area contributed by atoms with E-state index in [1.807, 2.05) is 27.7 Å². The Hall–Kier alpha value is -2.60. The van der Waals surface area contributed by atoms with Crippen LogP contribution in [0, 0.1) is 0 Å². The SMILES string of the molecule is COCCOCCOCCOCCOCCOCCOCCCCCCNC(=O)Nc1ccc(NC(=O)NC2CC(C)(C)N([O])C(C)(C)C2)cc1. The van der Waals surface area contributed by atoms with Gasteiger partial charge in [0.2, 0.25) is 0 Å². The molecule has 0 spiro atoms. The number of carbonyl (C=O) groups is 2. The third-order valence-corrected chi connectivity index (χ3v) is 8.12. The van der Waals surface area contributed by atoms with E-state index in [9.17, 15) is 14.8 Å². The lowest BCUT2D eigenvalue weighted by Crippen LogP contribution is -2.62. The number of ether oxygens (including phenoxy) is 7. The van der Waals surface area contributed by atoms with E-state index in [0.717, 1.165) is 30.7 Å². The largest absolute Gasteiger partial charge is 0.382 e. The number of methoxy groups -OCH3 is 1. The number of nitrogens with one attached hydrogen (secondary N) is 4. The van der Waals surface area contributed by atoms with Crippen molar-refractivity contribution in [1.29, 1.82) is 0 Å². The molecule has 0 aromatic heterocycles. The molecule has 1 aliphatic heterocycles. The second kappa shape index (κ2) is 26.2. The monoisotopic (exact) mass is 726 g/mol. The van der Waals surface area contributed by atoms with Gasteiger partial charge in [-0.15, -0.1) is 10.3 Å². The number of nitrogens with zero attached hydrogens (tertiary/aromatic N) is 1. The van der Waals surface area contributed by atoms with Crippen LogP contribution < -0.4 is 21.3 Å². The Balaban J connectivity index is 1.36. The zero-order chi connectivity index (χ0) is 37.2. The third-order valence-electron chi connectivity index (χ3n) is 8.12. The molecule has 1 aromatic carbocycles. The van der Waals surface area contributed by atoms with Crippen molar-refractivity contribution in [3.63, 3.8) is 0 Å². The van der Waals surface area contributed by atoms with Gasteiger partial charge in [0, 0.05) is 48.8 Å². The maximum absolute atomic E-state index is 12.6. The number of piperidine rings is 1. The van der Waals surface area contributed by atoms with Crippen LogP contribution in [-0.4, -0.2) is 134 Å². The minimum atomic E-state index is -0.563. The summed E-state index contributed by atoms with van der Waals surface area (Å²) in [7, 11) is 1.64. The molecule has 0 atom stereocenters. The molecule has 4 amide bonds. The molecule has 1 radical (unpaired) electrons. The van der Waals surface area contributed by atoms with Crippen LogP contribution in [0.4, 0.5) is 21.0 Å². The van der Waals surface area contributed by atoms with E-state index in [4.69, 9.17) is 33.2 Å². The van der Waals surface area contributed by atoms with Crippen molar-refractivity contribution >= 4 is 23.4 Å². The Morgan fingerprint density at radius 1 is 0.608 bits per heavy atom. The molecule has 51 heavy (non-hydrogen) atoms. The summed E-state index contributed by atoms with van der Waals surface area (Å²) in [5, 5.41) is 25.2. The molecule has 1 aliphatic rings. The van der Waals surface area contributed by atoms with Crippen molar-refractivity contribution in [2.75, 3.05) is 110 Å². The van der Waals surface area contributed by atoms with Crippen LogP contribution in [0.15, 0.2) is 24.3 Å². The van der Waals surface area contributed by atoms with Crippen molar-refractivity contribution in [1.82, 2.24) is 15.7 Å². The Labute approximate surface area is 304 Å². The van der Waals surface area contributed by atoms with Gasteiger partial charge in [0.25, 0.3) is 0 Å². The summed E-state index contributed by atoms with van der Waals surface area (Å²) in [5.41, 5.74) is 0.102. The van der Waals surface area contributed by atoms with Crippen molar-refractivity contribution < 1.29 is 48.0 Å². The van der Waals surface area contributed by atoms with Crippen LogP contribution in [0.25, 0.3) is 0 Å². The zero-order valence-electron chi connectivity index (χ0n) is 31.6. The molecule has 1 heterocycles. The van der Waals surface area contributed by atoms with Crippen molar-refractivity contribution in [3.05, 3.63) is 24.3 Å². The van der Waals surface area contributed by atoms with Crippen molar-refractivity contribution in [3.8, 4) is 0 Å². The van der Waals surface area contributed by atoms with Crippen LogP contribution >= 0.6 is 0 Å². The number of urea groups is 2. The van der Waals surface area contributed by atoms with Crippen molar-refractivity contribution in [2.24, 2.45) is 0 Å². The number of rotatable bonds is 28. The summed E-state index contributed by atoms with van der Waals surface area (Å²) in [6.07, 6.45) is 4.98. The van der Waals surface area contributed by atoms with Crippen LogP contribution in [0.5, 0.6) is 0 Å². The predicted molar refractivity (Wildman–Crippen MR) is 195 cm³/mol. The van der Waals surface area contributed by atoms with Gasteiger partial charge in [-0.2, -0.15) is 0 Å². The maximum atomic E-state index is 12.6. The van der Waals surface area contributed by atoms with E-state index in [-0.39, 0.29) is 18.1 Å². The number of unbranched alkanes of at least 4 members (excludes halogenated alkanes) is 3. The zero-order valence-corrected chi connectivity index (χ0v) is 31.6. The highest BCUT2D eigenvalue weighted by atomic mass is 16.6. The quantitative estimate of drug-likeness (QED) is 0.0896. The molecule has 4 N–H and O–H groups in total. The number of hydrogen-bond acceptors (Lipinski definition) is 10. The Kier molecular flexibility index (Phi) is 22.9. The lowest BCUT2D eigenvalue weighted by atomic mass is 9.79. The normalized spacial score (nSPS) is 15.8. The van der Waals surface area contributed by atoms with Gasteiger partial charge in [0.15, 0.2) is 0 Å². The topological polar surface area (TPSA) is 170 Å². The van der Waals surface area contributed by atoms with Gasteiger partial charge < -0.3 is 54.4 Å². The molecule has 0 saturated carbocycles. The first-order valence-electron chi connectivity index (χ1n) is 18.2. The fraction of sp³-hybridized carbons (Fsp3) is 0.778. The van der Waals surface area contributed by atoms with Gasteiger partial charge in [-0.3, -0.25) is 0 Å². The van der Waals surface area contributed by atoms with Gasteiger partial charge in [-0.25, -0.2) is 9.59 Å². The highest BCUT2D eigenvalue weighted by molar-refractivity contribution is 5.91. The molecule has 15 nitrogen and oxygen atoms in total. The number of hydroxylamine groups is 2. The van der Waals surface area contributed by atoms with Gasteiger partial charge in [-0.05, 0) is 77.6 Å². The maximum Gasteiger partial charge on any atom is 0.319 e. The molecule has 15 heteroatoms. The second-order valence-corrected chi connectivity index (χ2v) is 13.7. The van der Waals surface area contributed by atoms with Crippen molar-refractivity contribution in [2.45, 2.75) is 83.3 Å². The molecular formula is C36H64N5O10. The Morgan fingerprint density at radius 3 is 1.45 bits per heavy atom. The lowest BCUT2D eigenvalue weighted by Gasteiger charge is -2.49. The summed E-state index contributed by atoms with van der Waals surface area (Å²) >= 11 is 0. The first-order chi connectivity index (χ1) is 24.5. The standard InChI is InChI=1S/C36H64N5O10/c1-35(2)28-32(29-36(3,4)41(35)44)40-34(43)39-31-12-10-30(11-13-31)38-33(42)37-14-8-6-7-9-15-46-18-19-48-22-23-50-26-27-51-25-24-49-21-20-47-17-16-45-5/h10-13,32H,6-9,14-29H2,1-5H3,(H2,37,38,42)(H2,39,40,43). The number of amides is 4. The Bertz CT molecular complexity index is 1050. The van der Waals surface area contributed by atoms with Gasteiger partial charge >= 0.3 is 12.1 Å². The number of benzene rings is 1. The van der Waals surface area contributed by atoms with E-state index in [0.29, 0.717) is 117 Å². The Morgan fingerprint density at radius 2 is 1.00 bits per heavy atom. The number of anilines is 2. The number of carbonyl (C=O) groups excluding carboxylic acids is 2. The summed E-state index contributed by atoms with van der Waals surface area (Å²) in [6.45, 7) is 15.3. The molecule has 1 fully saturated rings. The van der Waals surface area contributed by atoms with Crippen LogP contribution in [0.3, 0.4) is 0 Å². The summed E-state index contributed by atoms with van der Waals surface area (Å²) in [5.74, 6) is 0. The smallest absolute Gasteiger partial charge is 0.319 e. The van der Waals surface area contributed by atoms with E-state index in [1.165, 1.54) is 0 Å². The molecule has 0 unspecified atom stereocenters. The van der Waals surface area contributed by atoms with E-state index in [1.54, 1.807) is 31.4 Å². The highest BCUT2D eigenvalue weighted by Gasteiger charge is 2.46. The van der Waals surface area contributed by atoms with E-state index < -0.39 is 11.1 Å². The fourth-order valence-corrected chi connectivity index (χ4v) is 5.76. The summed E-state index contributed by atoms with van der Waals surface area (Å²) in [6, 6.07) is 6.22. The first kappa shape index (κ1) is 44.6. The van der Waals surface area contributed by atoms with Crippen LogP contribution in [0.1, 0.15) is 66.2 Å². The highest BCUT2D eigenvalue weighted by Crippen LogP contribution is 2.37. The van der Waals surface area contributed by atoms with Crippen LogP contribution in [0.2, 0.25) is 0 Å². The van der Waals surface area contributed by atoms with Gasteiger partial charge in [-0.1, -0.05) is 12.8 Å². The average Bonchev–Trinajstić information content (AvgIpc) is 3.07. The molecule has 293 valence electrons. The molecule has 2 rings (SSSR count). The average molecular weight is 727 g/mol. The summed E-state index contributed by atoms with van der Waals surface area (Å²) < 4.78 is 37.7. The minimum Gasteiger partial charge on any atom is -0.382 e. The number of hydrogen-bond donors (Lipinski definition) is 4. The first-order valence-corrected chi connectivity index (χ1v) is 18.2. The van der Waals surface area contributed by atoms with Crippen LogP contribution in [-0.2, 0) is 38.4 Å². The fourth-order valence-electron chi connectivity index (χ4n) is 5.76. The van der Waals surface area contributed by atoms with E-state index in [2.05, 4.69) is 21.3 Å². The molecule has 0 aliphatic carbocycles. The lowest BCUT2D eigenvalue weighted by molar-refractivity contribution is -0.289. The van der Waals surface area contributed by atoms with Gasteiger partial charge in [0.05, 0.1) is 79.3 Å². The molecule has 1 saturated heterocycles. The van der Waals surface area contributed by atoms with E-state index >= 15 is 0 Å². The minimum absolute atomic E-state index is 0.112. The molecule has 1 aromatic rings. The second-order valence-electron chi connectivity index (χ2n) is 13.7. The predicted octanol–water partition coefficient (Wildman–Crippen LogP) is 4.60.